The number of hydrogen-bond acceptors (Lipinski definition) is 10. The molecule has 3 amide bonds. The number of allylic oxidation sites excluding steroid dienone is 1. The van der Waals surface area contributed by atoms with E-state index in [-0.39, 0.29) is 35.2 Å². The lowest BCUT2D eigenvalue weighted by atomic mass is 10.0. The Morgan fingerprint density at radius 2 is 1.54 bits per heavy atom. The maximum absolute atomic E-state index is 13.0. The van der Waals surface area contributed by atoms with E-state index in [0.717, 1.165) is 21.6 Å². The van der Waals surface area contributed by atoms with Crippen LogP contribution in [0.1, 0.15) is 33.6 Å². The average Bonchev–Trinajstić information content (AvgIpc) is 3.71. The average molecular weight is 692 g/mol. The van der Waals surface area contributed by atoms with E-state index in [1.807, 2.05) is 24.3 Å². The van der Waals surface area contributed by atoms with E-state index in [9.17, 15) is 22.8 Å². The van der Waals surface area contributed by atoms with Crippen molar-refractivity contribution < 1.29 is 41.7 Å². The number of fused-ring (bicyclic) bond motifs is 2. The number of carbonyl (C=O) groups excluding carboxylic acids is 3. The van der Waals surface area contributed by atoms with Gasteiger partial charge in [-0.1, -0.05) is 36.9 Å². The summed E-state index contributed by atoms with van der Waals surface area (Å²) in [5.74, 6) is -0.407. The maximum Gasteiger partial charge on any atom is 0.271 e. The summed E-state index contributed by atoms with van der Waals surface area (Å²) in [7, 11) is -3.69. The second-order valence-corrected chi connectivity index (χ2v) is 13.8. The van der Waals surface area contributed by atoms with Crippen LogP contribution in [0, 0.1) is 0 Å². The first-order valence-corrected chi connectivity index (χ1v) is 17.6. The molecule has 1 saturated heterocycles. The van der Waals surface area contributed by atoms with Gasteiger partial charge in [-0.2, -0.15) is 0 Å². The molecule has 48 heavy (non-hydrogen) atoms. The molecule has 0 aliphatic carbocycles. The number of piperidine rings is 1. The number of hydrogen-bond donors (Lipinski definition) is 2. The lowest BCUT2D eigenvalue weighted by Gasteiger charge is -2.29. The Labute approximate surface area is 281 Å². The summed E-state index contributed by atoms with van der Waals surface area (Å²) in [6, 6.07) is 17.9. The Morgan fingerprint density at radius 3 is 2.27 bits per heavy atom. The summed E-state index contributed by atoms with van der Waals surface area (Å²) >= 11 is 1.15. The number of rotatable bonds is 15. The molecule has 1 fully saturated rings. The molecular formula is C34H33N3O9S2. The van der Waals surface area contributed by atoms with Gasteiger partial charge < -0.3 is 24.3 Å². The molecule has 6 rings (SSSR count). The minimum Gasteiger partial charge on any atom is -0.491 e. The fourth-order valence-corrected chi connectivity index (χ4v) is 7.54. The molecule has 4 aromatic rings. The third-order valence-corrected chi connectivity index (χ3v) is 10.5. The van der Waals surface area contributed by atoms with Gasteiger partial charge in [-0.3, -0.25) is 24.0 Å². The Bertz CT molecular complexity index is 1960. The van der Waals surface area contributed by atoms with E-state index in [1.54, 1.807) is 35.7 Å². The van der Waals surface area contributed by atoms with Crippen LogP contribution in [0.25, 0.3) is 10.8 Å². The van der Waals surface area contributed by atoms with Crippen LogP contribution < -0.4 is 19.5 Å². The number of carbonyl (C=O) groups is 3. The van der Waals surface area contributed by atoms with Crippen LogP contribution in [0.4, 0.5) is 5.69 Å². The molecule has 12 nitrogen and oxygen atoms in total. The van der Waals surface area contributed by atoms with Crippen LogP contribution in [-0.2, 0) is 24.3 Å². The van der Waals surface area contributed by atoms with Gasteiger partial charge in [0, 0.05) is 16.5 Å². The van der Waals surface area contributed by atoms with Crippen molar-refractivity contribution in [2.24, 2.45) is 0 Å². The van der Waals surface area contributed by atoms with E-state index in [2.05, 4.69) is 16.6 Å². The number of benzene rings is 3. The van der Waals surface area contributed by atoms with E-state index < -0.39 is 33.8 Å². The van der Waals surface area contributed by atoms with Crippen LogP contribution in [0.3, 0.4) is 0 Å². The van der Waals surface area contributed by atoms with E-state index >= 15 is 0 Å². The number of sulfonamides is 1. The topological polar surface area (TPSA) is 150 Å². The highest BCUT2D eigenvalue weighted by atomic mass is 32.2. The van der Waals surface area contributed by atoms with Gasteiger partial charge in [-0.15, -0.1) is 11.3 Å². The summed E-state index contributed by atoms with van der Waals surface area (Å²) in [5, 5.41) is 5.82. The smallest absolute Gasteiger partial charge is 0.271 e. The molecule has 2 aliphatic rings. The fraction of sp³-hybridized carbons (Fsp3) is 0.265. The zero-order chi connectivity index (χ0) is 33.7. The number of ether oxygens (including phenoxy) is 4. The standard InChI is InChI=1S/C34H33N3O9S2/c1-22-8-12-29(32(38)35-22)37-33(39)26-10-9-23(21-27(26)34(37)40)45-18-16-43-14-15-44-17-19-46-30-13-11-28(24-5-2-3-6-25(24)30)36-48(41,42)31-7-4-20-47-31/h2-7,9-11,13,20-21,29,36H,1,8,12,14-19H2,(H,35,38). The molecule has 1 unspecified atom stereocenters. The summed E-state index contributed by atoms with van der Waals surface area (Å²) in [5.41, 5.74) is 1.48. The lowest BCUT2D eigenvalue weighted by molar-refractivity contribution is -0.125. The highest BCUT2D eigenvalue weighted by Gasteiger charge is 2.44. The lowest BCUT2D eigenvalue weighted by Crippen LogP contribution is -2.51. The highest BCUT2D eigenvalue weighted by Crippen LogP contribution is 2.34. The van der Waals surface area contributed by atoms with Crippen molar-refractivity contribution >= 4 is 55.5 Å². The molecule has 0 radical (unpaired) electrons. The predicted octanol–water partition coefficient (Wildman–Crippen LogP) is 4.58. The Morgan fingerprint density at radius 1 is 0.833 bits per heavy atom. The minimum atomic E-state index is -3.69. The number of nitrogens with one attached hydrogen (secondary N) is 2. The van der Waals surface area contributed by atoms with Crippen molar-refractivity contribution in [2.45, 2.75) is 23.1 Å². The Balaban J connectivity index is 0.899. The number of thiophene rings is 1. The van der Waals surface area contributed by atoms with Crippen molar-refractivity contribution in [3.63, 3.8) is 0 Å². The number of nitrogens with zero attached hydrogens (tertiary/aromatic N) is 1. The van der Waals surface area contributed by atoms with Crippen LogP contribution in [-0.4, -0.2) is 76.7 Å². The molecule has 1 atom stereocenters. The molecule has 2 aliphatic heterocycles. The molecule has 0 bridgehead atoms. The van der Waals surface area contributed by atoms with Crippen LogP contribution in [0.2, 0.25) is 0 Å². The number of anilines is 1. The quantitative estimate of drug-likeness (QED) is 0.135. The molecule has 2 N–H and O–H groups in total. The van der Waals surface area contributed by atoms with Crippen LogP contribution >= 0.6 is 11.3 Å². The Hall–Kier alpha value is -4.76. The maximum atomic E-state index is 13.0. The van der Waals surface area contributed by atoms with Gasteiger partial charge in [-0.25, -0.2) is 8.42 Å². The van der Waals surface area contributed by atoms with Gasteiger partial charge in [0.1, 0.15) is 35.0 Å². The number of amides is 3. The first kappa shape index (κ1) is 33.2. The van der Waals surface area contributed by atoms with E-state index in [0.29, 0.717) is 60.9 Å². The summed E-state index contributed by atoms with van der Waals surface area (Å²) in [6.07, 6.45) is 0.832. The first-order chi connectivity index (χ1) is 23.2. The molecule has 14 heteroatoms. The zero-order valence-corrected chi connectivity index (χ0v) is 27.4. The van der Waals surface area contributed by atoms with Crippen molar-refractivity contribution in [3.8, 4) is 11.5 Å². The fourth-order valence-electron chi connectivity index (χ4n) is 5.47. The zero-order valence-electron chi connectivity index (χ0n) is 25.8. The molecular weight excluding hydrogens is 659 g/mol. The monoisotopic (exact) mass is 691 g/mol. The highest BCUT2D eigenvalue weighted by molar-refractivity contribution is 7.94. The van der Waals surface area contributed by atoms with Gasteiger partial charge in [0.25, 0.3) is 21.8 Å². The Kier molecular flexibility index (Phi) is 10.1. The minimum absolute atomic E-state index is 0.203. The van der Waals surface area contributed by atoms with Crippen molar-refractivity contribution in [1.29, 1.82) is 0 Å². The largest absolute Gasteiger partial charge is 0.491 e. The van der Waals surface area contributed by atoms with Gasteiger partial charge in [0.05, 0.1) is 43.2 Å². The van der Waals surface area contributed by atoms with Crippen molar-refractivity contribution in [2.75, 3.05) is 44.4 Å². The predicted molar refractivity (Wildman–Crippen MR) is 179 cm³/mol. The molecule has 0 spiro atoms. The summed E-state index contributed by atoms with van der Waals surface area (Å²) in [4.78, 5) is 39.3. The normalized spacial score (nSPS) is 16.2. The summed E-state index contributed by atoms with van der Waals surface area (Å²) < 4.78 is 51.2. The molecule has 3 heterocycles. The van der Waals surface area contributed by atoms with E-state index in [4.69, 9.17) is 18.9 Å². The second-order valence-electron chi connectivity index (χ2n) is 11.0. The van der Waals surface area contributed by atoms with E-state index in [1.165, 1.54) is 12.1 Å². The van der Waals surface area contributed by atoms with Crippen molar-refractivity contribution in [3.05, 3.63) is 95.5 Å². The third kappa shape index (κ3) is 7.21. The van der Waals surface area contributed by atoms with Crippen LogP contribution in [0.5, 0.6) is 11.5 Å². The van der Waals surface area contributed by atoms with Gasteiger partial charge in [0.2, 0.25) is 5.91 Å². The molecule has 0 saturated carbocycles. The molecule has 250 valence electrons. The first-order valence-electron chi connectivity index (χ1n) is 15.2. The molecule has 1 aromatic heterocycles. The van der Waals surface area contributed by atoms with Crippen molar-refractivity contribution in [1.82, 2.24) is 10.2 Å². The van der Waals surface area contributed by atoms with Gasteiger partial charge in [-0.05, 0) is 54.6 Å². The second kappa shape index (κ2) is 14.6. The number of imide groups is 1. The molecule has 3 aromatic carbocycles. The third-order valence-electron chi connectivity index (χ3n) is 7.77. The van der Waals surface area contributed by atoms with Gasteiger partial charge >= 0.3 is 0 Å². The van der Waals surface area contributed by atoms with Gasteiger partial charge in [0.15, 0.2) is 0 Å². The SMILES string of the molecule is C=C1CCC(N2C(=O)c3ccc(OCCOCCOCCOc4ccc(NS(=O)(=O)c5cccs5)c5ccccc45)cc3C2=O)C(=O)N1. The van der Waals surface area contributed by atoms with Crippen LogP contribution in [0.15, 0.2) is 88.6 Å². The summed E-state index contributed by atoms with van der Waals surface area (Å²) in [6.45, 7) is 5.49.